The lowest BCUT2D eigenvalue weighted by atomic mass is 9.93. The van der Waals surface area contributed by atoms with E-state index in [0.717, 1.165) is 6.07 Å². The highest BCUT2D eigenvalue weighted by Crippen LogP contribution is 2.35. The van der Waals surface area contributed by atoms with Crippen molar-refractivity contribution in [3.05, 3.63) is 33.8 Å². The fourth-order valence-electron chi connectivity index (χ4n) is 1.37. The van der Waals surface area contributed by atoms with Gasteiger partial charge >= 0.3 is 6.18 Å². The number of rotatable bonds is 4. The molecule has 1 aromatic carbocycles. The van der Waals surface area contributed by atoms with Crippen LogP contribution in [-0.4, -0.2) is 17.4 Å². The molecule has 0 radical (unpaired) electrons. The summed E-state index contributed by atoms with van der Waals surface area (Å²) in [6.45, 7) is 3.61. The topological polar surface area (TPSA) is 55.1 Å². The Bertz CT molecular complexity index is 573. The van der Waals surface area contributed by atoms with Crippen molar-refractivity contribution in [2.24, 2.45) is 11.1 Å². The lowest BCUT2D eigenvalue weighted by Gasteiger charge is -2.23. The van der Waals surface area contributed by atoms with Crippen LogP contribution in [0.4, 0.5) is 13.2 Å². The second-order valence-electron chi connectivity index (χ2n) is 5.12. The molecule has 0 saturated carbocycles. The smallest absolute Gasteiger partial charge is 0.393 e. The van der Waals surface area contributed by atoms with Gasteiger partial charge in [-0.2, -0.15) is 13.2 Å². The number of carbonyl (C=O) groups excluding carboxylic acids is 1. The van der Waals surface area contributed by atoms with E-state index in [1.807, 2.05) is 0 Å². The zero-order valence-corrected chi connectivity index (χ0v) is 13.7. The molecule has 0 heterocycles. The summed E-state index contributed by atoms with van der Waals surface area (Å²) in [6, 6.07) is 3.30. The van der Waals surface area contributed by atoms with E-state index in [1.165, 1.54) is 12.1 Å². The van der Waals surface area contributed by atoms with Crippen LogP contribution in [-0.2, 0) is 6.18 Å². The summed E-state index contributed by atoms with van der Waals surface area (Å²) in [7, 11) is 0. The number of alkyl halides is 3. The fraction of sp³-hybridized carbons (Fsp3) is 0.385. The Balaban J connectivity index is 2.92. The van der Waals surface area contributed by atoms with Gasteiger partial charge in [0.15, 0.2) is 0 Å². The van der Waals surface area contributed by atoms with Crippen molar-refractivity contribution in [2.45, 2.75) is 20.0 Å². The average molecular weight is 383 g/mol. The first-order valence-electron chi connectivity index (χ1n) is 5.90. The van der Waals surface area contributed by atoms with Gasteiger partial charge in [-0.15, -0.1) is 0 Å². The van der Waals surface area contributed by atoms with Crippen LogP contribution in [0.3, 0.4) is 0 Å². The van der Waals surface area contributed by atoms with Crippen molar-refractivity contribution in [1.82, 2.24) is 5.32 Å². The minimum Gasteiger partial charge on any atom is -0.393 e. The minimum atomic E-state index is -4.53. The molecule has 0 unspecified atom stereocenters. The summed E-state index contributed by atoms with van der Waals surface area (Å²) in [5.74, 6) is -0.614. The first-order chi connectivity index (χ1) is 9.45. The number of hydrogen-bond donors (Lipinski definition) is 2. The Kier molecular flexibility index (Phi) is 5.38. The van der Waals surface area contributed by atoms with Crippen LogP contribution >= 0.6 is 28.1 Å². The van der Waals surface area contributed by atoms with Gasteiger partial charge in [0.2, 0.25) is 0 Å². The molecule has 0 aromatic heterocycles. The zero-order valence-electron chi connectivity index (χ0n) is 11.3. The van der Waals surface area contributed by atoms with Gasteiger partial charge in [-0.1, -0.05) is 42.0 Å². The number of nitrogens with two attached hydrogens (primary N) is 1. The molecule has 0 bridgehead atoms. The van der Waals surface area contributed by atoms with Crippen LogP contribution in [0.5, 0.6) is 0 Å². The van der Waals surface area contributed by atoms with Gasteiger partial charge in [-0.05, 0) is 18.2 Å². The molecule has 0 fully saturated rings. The van der Waals surface area contributed by atoms with Crippen LogP contribution in [0.15, 0.2) is 22.7 Å². The first kappa shape index (κ1) is 17.9. The van der Waals surface area contributed by atoms with Gasteiger partial charge in [-0.3, -0.25) is 4.79 Å². The molecular weight excluding hydrogens is 369 g/mol. The Morgan fingerprint density at radius 1 is 1.38 bits per heavy atom. The largest absolute Gasteiger partial charge is 0.417 e. The SMILES string of the molecule is CC(C)(CNC(=O)c1ccc(Br)c(C(F)(F)F)c1)C(N)=S. The molecule has 3 nitrogen and oxygen atoms in total. The molecule has 21 heavy (non-hydrogen) atoms. The summed E-state index contributed by atoms with van der Waals surface area (Å²) in [6.07, 6.45) is -4.53. The molecule has 0 saturated heterocycles. The van der Waals surface area contributed by atoms with E-state index in [1.54, 1.807) is 13.8 Å². The molecular formula is C13H14BrF3N2OS. The summed E-state index contributed by atoms with van der Waals surface area (Å²) in [5, 5.41) is 2.53. The number of nitrogens with one attached hydrogen (secondary N) is 1. The van der Waals surface area contributed by atoms with E-state index in [-0.39, 0.29) is 21.6 Å². The monoisotopic (exact) mass is 382 g/mol. The number of amides is 1. The molecule has 1 amide bonds. The van der Waals surface area contributed by atoms with Crippen LogP contribution in [0.1, 0.15) is 29.8 Å². The van der Waals surface area contributed by atoms with Crippen molar-refractivity contribution in [3.63, 3.8) is 0 Å². The third kappa shape index (κ3) is 4.67. The Morgan fingerprint density at radius 2 is 1.95 bits per heavy atom. The normalized spacial score (nSPS) is 12.1. The van der Waals surface area contributed by atoms with Crippen molar-refractivity contribution >= 4 is 39.0 Å². The van der Waals surface area contributed by atoms with E-state index in [0.29, 0.717) is 0 Å². The summed E-state index contributed by atoms with van der Waals surface area (Å²) in [4.78, 5) is 12.1. The molecule has 0 aliphatic heterocycles. The van der Waals surface area contributed by atoms with E-state index >= 15 is 0 Å². The van der Waals surface area contributed by atoms with Gasteiger partial charge in [0.25, 0.3) is 5.91 Å². The summed E-state index contributed by atoms with van der Waals surface area (Å²) < 4.78 is 38.2. The molecule has 3 N–H and O–H groups in total. The Morgan fingerprint density at radius 3 is 2.43 bits per heavy atom. The van der Waals surface area contributed by atoms with Crippen molar-refractivity contribution in [3.8, 4) is 0 Å². The number of thiocarbonyl (C=S) groups is 1. The lowest BCUT2D eigenvalue weighted by molar-refractivity contribution is -0.138. The summed E-state index contributed by atoms with van der Waals surface area (Å²) in [5.41, 5.74) is 3.92. The molecule has 1 rings (SSSR count). The third-order valence-electron chi connectivity index (χ3n) is 2.89. The maximum atomic E-state index is 12.8. The van der Waals surface area contributed by atoms with Gasteiger partial charge in [-0.25, -0.2) is 0 Å². The Hall–Kier alpha value is -1.15. The fourth-order valence-corrected chi connectivity index (χ4v) is 1.92. The van der Waals surface area contributed by atoms with E-state index in [9.17, 15) is 18.0 Å². The maximum Gasteiger partial charge on any atom is 0.417 e. The van der Waals surface area contributed by atoms with E-state index in [4.69, 9.17) is 18.0 Å². The second-order valence-corrected chi connectivity index (χ2v) is 6.42. The molecule has 1 aromatic rings. The molecule has 116 valence electrons. The van der Waals surface area contributed by atoms with Crippen molar-refractivity contribution in [1.29, 1.82) is 0 Å². The average Bonchev–Trinajstić information content (AvgIpc) is 2.35. The highest BCUT2D eigenvalue weighted by molar-refractivity contribution is 9.10. The van der Waals surface area contributed by atoms with Gasteiger partial charge in [0, 0.05) is 22.0 Å². The number of benzene rings is 1. The van der Waals surface area contributed by atoms with Crippen molar-refractivity contribution < 1.29 is 18.0 Å². The predicted octanol–water partition coefficient (Wildman–Crippen LogP) is 3.51. The number of halogens is 4. The highest BCUT2D eigenvalue weighted by atomic mass is 79.9. The quantitative estimate of drug-likeness (QED) is 0.783. The van der Waals surface area contributed by atoms with Gasteiger partial charge in [0.1, 0.15) is 0 Å². The summed E-state index contributed by atoms with van der Waals surface area (Å²) >= 11 is 7.68. The van der Waals surface area contributed by atoms with Gasteiger partial charge < -0.3 is 11.1 Å². The highest BCUT2D eigenvalue weighted by Gasteiger charge is 2.33. The van der Waals surface area contributed by atoms with Crippen LogP contribution in [0.25, 0.3) is 0 Å². The van der Waals surface area contributed by atoms with Crippen LogP contribution < -0.4 is 11.1 Å². The molecule has 0 spiro atoms. The molecule has 0 atom stereocenters. The second kappa shape index (κ2) is 6.31. The third-order valence-corrected chi connectivity index (χ3v) is 4.14. The molecule has 0 aliphatic rings. The lowest BCUT2D eigenvalue weighted by Crippen LogP contribution is -2.41. The number of hydrogen-bond acceptors (Lipinski definition) is 2. The van der Waals surface area contributed by atoms with E-state index < -0.39 is 23.1 Å². The maximum absolute atomic E-state index is 12.8. The van der Waals surface area contributed by atoms with Crippen LogP contribution in [0.2, 0.25) is 0 Å². The minimum absolute atomic E-state index is 0.0794. The predicted molar refractivity (Wildman–Crippen MR) is 82.0 cm³/mol. The number of carbonyl (C=O) groups is 1. The first-order valence-corrected chi connectivity index (χ1v) is 7.10. The van der Waals surface area contributed by atoms with Crippen molar-refractivity contribution in [2.75, 3.05) is 6.54 Å². The molecule has 0 aliphatic carbocycles. The van der Waals surface area contributed by atoms with Gasteiger partial charge in [0.05, 0.1) is 10.6 Å². The Labute approximate surface area is 134 Å². The van der Waals surface area contributed by atoms with E-state index in [2.05, 4.69) is 21.2 Å². The molecule has 8 heteroatoms. The van der Waals surface area contributed by atoms with Crippen LogP contribution in [0, 0.1) is 5.41 Å². The standard InChI is InChI=1S/C13H14BrF3N2OS/c1-12(2,11(18)21)6-19-10(20)7-3-4-9(14)8(5-7)13(15,16)17/h3-5H,6H2,1-2H3,(H2,18,21)(H,19,20). The zero-order chi connectivity index (χ0) is 16.4.